The second-order valence-corrected chi connectivity index (χ2v) is 9.70. The molecular formula is C26H30N4OS. The van der Waals surface area contributed by atoms with Gasteiger partial charge in [-0.15, -0.1) is 10.2 Å². The molecule has 4 rings (SSSR count). The minimum absolute atomic E-state index is 0.0764. The third-order valence-corrected chi connectivity index (χ3v) is 7.15. The number of carbonyl (C=O) groups is 1. The van der Waals surface area contributed by atoms with Crippen LogP contribution in [0.25, 0.3) is 22.5 Å². The molecule has 0 bridgehead atoms. The lowest BCUT2D eigenvalue weighted by molar-refractivity contribution is -0.121. The van der Waals surface area contributed by atoms with E-state index in [1.807, 2.05) is 6.92 Å². The van der Waals surface area contributed by atoms with Gasteiger partial charge in [-0.1, -0.05) is 91.2 Å². The number of aryl methyl sites for hydroxylation is 2. The van der Waals surface area contributed by atoms with Gasteiger partial charge in [0, 0.05) is 17.2 Å². The van der Waals surface area contributed by atoms with Crippen molar-refractivity contribution in [3.63, 3.8) is 0 Å². The van der Waals surface area contributed by atoms with E-state index < -0.39 is 0 Å². The van der Waals surface area contributed by atoms with Gasteiger partial charge < -0.3 is 5.32 Å². The molecule has 6 heteroatoms. The van der Waals surface area contributed by atoms with Crippen LogP contribution in [0.1, 0.15) is 50.2 Å². The summed E-state index contributed by atoms with van der Waals surface area (Å²) in [5.41, 5.74) is 5.90. The Bertz CT molecular complexity index is 1060. The Morgan fingerprint density at radius 2 is 1.50 bits per heavy atom. The van der Waals surface area contributed by atoms with Crippen molar-refractivity contribution < 1.29 is 4.79 Å². The Morgan fingerprint density at radius 3 is 2.06 bits per heavy atom. The summed E-state index contributed by atoms with van der Waals surface area (Å²) < 4.78 is 0. The zero-order valence-corrected chi connectivity index (χ0v) is 19.8. The molecule has 1 atom stereocenters. The van der Waals surface area contributed by atoms with Gasteiger partial charge in [0.25, 0.3) is 0 Å². The highest BCUT2D eigenvalue weighted by molar-refractivity contribution is 8.00. The van der Waals surface area contributed by atoms with E-state index in [0.29, 0.717) is 17.6 Å². The number of aromatic nitrogens is 3. The van der Waals surface area contributed by atoms with E-state index in [0.717, 1.165) is 35.4 Å². The predicted octanol–water partition coefficient (Wildman–Crippen LogP) is 5.75. The van der Waals surface area contributed by atoms with Crippen molar-refractivity contribution in [1.29, 1.82) is 0 Å². The summed E-state index contributed by atoms with van der Waals surface area (Å²) >= 11 is 1.40. The molecular weight excluding hydrogens is 416 g/mol. The molecule has 3 aromatic rings. The average Bonchev–Trinajstić information content (AvgIpc) is 3.31. The summed E-state index contributed by atoms with van der Waals surface area (Å²) in [5.74, 6) is 0.0764. The van der Waals surface area contributed by atoms with Crippen molar-refractivity contribution in [1.82, 2.24) is 20.5 Å². The highest BCUT2D eigenvalue weighted by Crippen LogP contribution is 2.32. The first-order valence-corrected chi connectivity index (χ1v) is 12.3. The fourth-order valence-electron chi connectivity index (χ4n) is 3.99. The molecule has 0 saturated heterocycles. The summed E-state index contributed by atoms with van der Waals surface area (Å²) in [5, 5.41) is 12.5. The molecule has 0 spiro atoms. The molecule has 1 amide bonds. The van der Waals surface area contributed by atoms with Crippen LogP contribution in [-0.2, 0) is 4.79 Å². The van der Waals surface area contributed by atoms with Gasteiger partial charge >= 0.3 is 0 Å². The number of thioether (sulfide) groups is 1. The van der Waals surface area contributed by atoms with Crippen molar-refractivity contribution in [2.45, 2.75) is 69.3 Å². The first kappa shape index (κ1) is 22.5. The maximum atomic E-state index is 12.8. The maximum absolute atomic E-state index is 12.8. The van der Waals surface area contributed by atoms with Crippen LogP contribution in [0.4, 0.5) is 0 Å². The molecule has 1 N–H and O–H groups in total. The highest BCUT2D eigenvalue weighted by Gasteiger charge is 2.25. The maximum Gasteiger partial charge on any atom is 0.233 e. The second-order valence-electron chi connectivity index (χ2n) is 8.53. The summed E-state index contributed by atoms with van der Waals surface area (Å²) in [7, 11) is 0. The summed E-state index contributed by atoms with van der Waals surface area (Å²) in [6.07, 6.45) is 5.26. The van der Waals surface area contributed by atoms with E-state index in [2.05, 4.69) is 77.9 Å². The molecule has 166 valence electrons. The Hall–Kier alpha value is -2.73. The second kappa shape index (κ2) is 10.3. The topological polar surface area (TPSA) is 67.8 Å². The van der Waals surface area contributed by atoms with Crippen LogP contribution in [-0.4, -0.2) is 32.4 Å². The summed E-state index contributed by atoms with van der Waals surface area (Å²) in [4.78, 5) is 17.7. The number of hydrogen-bond donors (Lipinski definition) is 1. The lowest BCUT2D eigenvalue weighted by Gasteiger charge is -2.18. The van der Waals surface area contributed by atoms with Crippen molar-refractivity contribution in [3.05, 3.63) is 59.7 Å². The van der Waals surface area contributed by atoms with E-state index in [4.69, 9.17) is 4.98 Å². The quantitative estimate of drug-likeness (QED) is 0.468. The van der Waals surface area contributed by atoms with Gasteiger partial charge in [0.1, 0.15) is 11.4 Å². The average molecular weight is 447 g/mol. The van der Waals surface area contributed by atoms with Gasteiger partial charge in [0.05, 0.1) is 5.25 Å². The van der Waals surface area contributed by atoms with E-state index >= 15 is 0 Å². The molecule has 1 aliphatic rings. The van der Waals surface area contributed by atoms with Crippen molar-refractivity contribution in [2.75, 3.05) is 0 Å². The molecule has 32 heavy (non-hydrogen) atoms. The van der Waals surface area contributed by atoms with Gasteiger partial charge in [-0.05, 0) is 33.1 Å². The molecule has 5 nitrogen and oxygen atoms in total. The Labute approximate surface area is 194 Å². The lowest BCUT2D eigenvalue weighted by atomic mass is 10.0. The third kappa shape index (κ3) is 5.36. The number of benzene rings is 2. The van der Waals surface area contributed by atoms with E-state index in [9.17, 15) is 4.79 Å². The van der Waals surface area contributed by atoms with Gasteiger partial charge in [-0.25, -0.2) is 4.98 Å². The van der Waals surface area contributed by atoms with E-state index in [1.54, 1.807) is 0 Å². The van der Waals surface area contributed by atoms with Crippen molar-refractivity contribution >= 4 is 17.7 Å². The van der Waals surface area contributed by atoms with Crippen LogP contribution in [0, 0.1) is 13.8 Å². The number of carbonyl (C=O) groups excluding carboxylic acids is 1. The van der Waals surface area contributed by atoms with Crippen LogP contribution in [0.2, 0.25) is 0 Å². The third-order valence-electron chi connectivity index (χ3n) is 5.93. The minimum atomic E-state index is -0.228. The zero-order chi connectivity index (χ0) is 22.5. The van der Waals surface area contributed by atoms with E-state index in [1.165, 1.54) is 35.7 Å². The van der Waals surface area contributed by atoms with Gasteiger partial charge in [-0.2, -0.15) is 0 Å². The number of rotatable bonds is 7. The largest absolute Gasteiger partial charge is 0.352 e. The highest BCUT2D eigenvalue weighted by atomic mass is 32.2. The molecule has 1 aromatic heterocycles. The number of amides is 1. The van der Waals surface area contributed by atoms with Crippen LogP contribution >= 0.6 is 11.8 Å². The Morgan fingerprint density at radius 1 is 0.938 bits per heavy atom. The first-order valence-electron chi connectivity index (χ1n) is 11.4. The van der Waals surface area contributed by atoms with Crippen LogP contribution in [0.5, 0.6) is 0 Å². The molecule has 1 aliphatic carbocycles. The van der Waals surface area contributed by atoms with Crippen molar-refractivity contribution in [2.24, 2.45) is 0 Å². The zero-order valence-electron chi connectivity index (χ0n) is 19.0. The molecule has 0 radical (unpaired) electrons. The summed E-state index contributed by atoms with van der Waals surface area (Å²) in [6.45, 7) is 6.16. The molecule has 1 fully saturated rings. The van der Waals surface area contributed by atoms with E-state index in [-0.39, 0.29) is 11.2 Å². The normalized spacial score (nSPS) is 15.0. The molecule has 2 aromatic carbocycles. The number of nitrogens with zero attached hydrogens (tertiary/aromatic N) is 3. The fraction of sp³-hybridized carbons (Fsp3) is 0.385. The lowest BCUT2D eigenvalue weighted by Crippen LogP contribution is -2.38. The van der Waals surface area contributed by atoms with Crippen LogP contribution in [0.3, 0.4) is 0 Å². The monoisotopic (exact) mass is 446 g/mol. The van der Waals surface area contributed by atoms with Crippen LogP contribution < -0.4 is 5.32 Å². The Kier molecular flexibility index (Phi) is 7.20. The van der Waals surface area contributed by atoms with Crippen molar-refractivity contribution in [3.8, 4) is 22.5 Å². The number of nitrogens with one attached hydrogen (secondary N) is 1. The van der Waals surface area contributed by atoms with Gasteiger partial charge in [0.15, 0.2) is 0 Å². The fourth-order valence-corrected chi connectivity index (χ4v) is 4.82. The Balaban J connectivity index is 1.64. The SMILES string of the molecule is CC[C@@H](Sc1nnc(-c2ccc(C)cc2)c(-c2ccc(C)cc2)n1)C(=O)NC1CCCC1. The summed E-state index contributed by atoms with van der Waals surface area (Å²) in [6, 6.07) is 16.8. The van der Waals surface area contributed by atoms with Gasteiger partial charge in [0.2, 0.25) is 11.1 Å². The molecule has 0 aliphatic heterocycles. The molecule has 1 saturated carbocycles. The smallest absolute Gasteiger partial charge is 0.233 e. The van der Waals surface area contributed by atoms with Gasteiger partial charge in [-0.3, -0.25) is 4.79 Å². The first-order chi connectivity index (χ1) is 15.5. The number of hydrogen-bond acceptors (Lipinski definition) is 5. The standard InChI is InChI=1S/C26H30N4OS/c1-4-22(25(31)27-21-7-5-6-8-21)32-26-28-23(19-13-9-17(2)10-14-19)24(29-30-26)20-15-11-18(3)12-16-20/h9-16,21-22H,4-8H2,1-3H3,(H,27,31)/t22-/m1/s1. The predicted molar refractivity (Wildman–Crippen MR) is 131 cm³/mol. The molecule has 1 heterocycles. The van der Waals surface area contributed by atoms with Crippen LogP contribution in [0.15, 0.2) is 53.7 Å². The minimum Gasteiger partial charge on any atom is -0.352 e. The molecule has 0 unspecified atom stereocenters.